The van der Waals surface area contributed by atoms with Gasteiger partial charge in [-0.1, -0.05) is 90.5 Å². The fraction of sp³-hybridized carbons (Fsp3) is 0.0357. The van der Waals surface area contributed by atoms with Crippen LogP contribution in [0.2, 0.25) is 0 Å². The number of hydrogen-bond acceptors (Lipinski definition) is 3. The van der Waals surface area contributed by atoms with Crippen LogP contribution in [0.5, 0.6) is 0 Å². The first kappa shape index (κ1) is 19.6. The third kappa shape index (κ3) is 3.86. The van der Waals surface area contributed by atoms with Crippen LogP contribution in [0.4, 0.5) is 0 Å². The number of aryl methyl sites for hydroxylation is 1. The summed E-state index contributed by atoms with van der Waals surface area (Å²) in [4.78, 5) is 17.9. The topological polar surface area (TPSA) is 54.4 Å². The van der Waals surface area contributed by atoms with Crippen LogP contribution in [0, 0.1) is 6.92 Å². The smallest absolute Gasteiger partial charge is 0.267 e. The number of carbonyl (C=O) groups is 1. The van der Waals surface area contributed by atoms with Gasteiger partial charge in [-0.3, -0.25) is 4.79 Å². The SMILES string of the molecule is Cc1ccc(-c2cc(C(=O)N/N=C\c3cccc4ccccc34)c3ccccc3n2)cc1. The average molecular weight is 415 g/mol. The summed E-state index contributed by atoms with van der Waals surface area (Å²) in [5, 5.41) is 7.25. The highest BCUT2D eigenvalue weighted by Crippen LogP contribution is 2.25. The molecule has 0 aliphatic carbocycles. The molecule has 32 heavy (non-hydrogen) atoms. The highest BCUT2D eigenvalue weighted by molar-refractivity contribution is 6.07. The molecule has 0 fully saturated rings. The normalized spacial score (nSPS) is 11.3. The van der Waals surface area contributed by atoms with Crippen molar-refractivity contribution in [2.45, 2.75) is 6.92 Å². The summed E-state index contributed by atoms with van der Waals surface area (Å²) in [5.41, 5.74) is 7.86. The largest absolute Gasteiger partial charge is 0.272 e. The molecule has 1 N–H and O–H groups in total. The van der Waals surface area contributed by atoms with E-state index in [0.29, 0.717) is 5.56 Å². The molecule has 1 aromatic heterocycles. The molecule has 0 bridgehead atoms. The number of hydrazone groups is 1. The summed E-state index contributed by atoms with van der Waals surface area (Å²) in [6, 6.07) is 31.7. The first-order valence-corrected chi connectivity index (χ1v) is 10.5. The molecule has 0 atom stereocenters. The molecule has 1 heterocycles. The van der Waals surface area contributed by atoms with E-state index in [0.717, 1.165) is 38.5 Å². The summed E-state index contributed by atoms with van der Waals surface area (Å²) < 4.78 is 0. The molecule has 0 aliphatic heterocycles. The van der Waals surface area contributed by atoms with Gasteiger partial charge >= 0.3 is 0 Å². The van der Waals surface area contributed by atoms with Gasteiger partial charge in [-0.15, -0.1) is 0 Å². The Morgan fingerprint density at radius 1 is 0.844 bits per heavy atom. The fourth-order valence-electron chi connectivity index (χ4n) is 3.82. The predicted molar refractivity (Wildman–Crippen MR) is 131 cm³/mol. The zero-order chi connectivity index (χ0) is 21.9. The molecule has 0 radical (unpaired) electrons. The number of aromatic nitrogens is 1. The average Bonchev–Trinajstić information content (AvgIpc) is 2.84. The molecule has 1 amide bonds. The minimum atomic E-state index is -0.270. The molecule has 154 valence electrons. The molecule has 0 unspecified atom stereocenters. The molecule has 0 spiro atoms. The number of nitrogens with zero attached hydrogens (tertiary/aromatic N) is 2. The number of benzene rings is 4. The zero-order valence-corrected chi connectivity index (χ0v) is 17.6. The highest BCUT2D eigenvalue weighted by atomic mass is 16.2. The van der Waals surface area contributed by atoms with Gasteiger partial charge in [-0.05, 0) is 29.8 Å². The van der Waals surface area contributed by atoms with Gasteiger partial charge in [0.1, 0.15) is 0 Å². The van der Waals surface area contributed by atoms with E-state index in [1.54, 1.807) is 6.21 Å². The minimum absolute atomic E-state index is 0.270. The van der Waals surface area contributed by atoms with Crippen molar-refractivity contribution < 1.29 is 4.79 Å². The number of hydrogen-bond donors (Lipinski definition) is 1. The third-order valence-electron chi connectivity index (χ3n) is 5.50. The number of carbonyl (C=O) groups excluding carboxylic acids is 1. The van der Waals surface area contributed by atoms with Gasteiger partial charge in [0.25, 0.3) is 5.91 Å². The first-order chi connectivity index (χ1) is 15.7. The number of rotatable bonds is 4. The van der Waals surface area contributed by atoms with Crippen LogP contribution in [0.25, 0.3) is 32.9 Å². The Bertz CT molecular complexity index is 1460. The second-order valence-corrected chi connectivity index (χ2v) is 7.71. The van der Waals surface area contributed by atoms with Crippen LogP contribution in [-0.4, -0.2) is 17.1 Å². The second-order valence-electron chi connectivity index (χ2n) is 7.71. The van der Waals surface area contributed by atoms with E-state index in [4.69, 9.17) is 4.98 Å². The number of amides is 1. The quantitative estimate of drug-likeness (QED) is 0.284. The molecule has 4 heteroatoms. The van der Waals surface area contributed by atoms with Crippen molar-refractivity contribution in [3.05, 3.63) is 114 Å². The van der Waals surface area contributed by atoms with E-state index in [1.165, 1.54) is 5.56 Å². The van der Waals surface area contributed by atoms with Gasteiger partial charge in [-0.25, -0.2) is 10.4 Å². The monoisotopic (exact) mass is 415 g/mol. The van der Waals surface area contributed by atoms with Gasteiger partial charge in [0, 0.05) is 16.5 Å². The van der Waals surface area contributed by atoms with Crippen LogP contribution < -0.4 is 5.43 Å². The lowest BCUT2D eigenvalue weighted by Crippen LogP contribution is -2.18. The van der Waals surface area contributed by atoms with Crippen LogP contribution in [0.15, 0.2) is 102 Å². The van der Waals surface area contributed by atoms with Crippen molar-refractivity contribution in [2.75, 3.05) is 0 Å². The second kappa shape index (κ2) is 8.44. The molecule has 5 aromatic rings. The van der Waals surface area contributed by atoms with Crippen molar-refractivity contribution >= 4 is 33.8 Å². The van der Waals surface area contributed by atoms with E-state index in [9.17, 15) is 4.79 Å². The van der Waals surface area contributed by atoms with Crippen molar-refractivity contribution in [1.82, 2.24) is 10.4 Å². The Kier molecular flexibility index (Phi) is 5.18. The van der Waals surface area contributed by atoms with Gasteiger partial charge < -0.3 is 0 Å². The lowest BCUT2D eigenvalue weighted by Gasteiger charge is -2.09. The van der Waals surface area contributed by atoms with E-state index in [1.807, 2.05) is 91.9 Å². The Labute approximate surface area is 186 Å². The lowest BCUT2D eigenvalue weighted by molar-refractivity contribution is 0.0956. The van der Waals surface area contributed by atoms with Crippen LogP contribution in [0.3, 0.4) is 0 Å². The number of pyridine rings is 1. The van der Waals surface area contributed by atoms with Crippen LogP contribution in [0.1, 0.15) is 21.5 Å². The summed E-state index contributed by atoms with van der Waals surface area (Å²) >= 11 is 0. The van der Waals surface area contributed by atoms with Crippen molar-refractivity contribution in [1.29, 1.82) is 0 Å². The van der Waals surface area contributed by atoms with Gasteiger partial charge in [0.2, 0.25) is 0 Å². The lowest BCUT2D eigenvalue weighted by atomic mass is 10.0. The maximum atomic E-state index is 13.1. The molecular formula is C28H21N3O. The van der Waals surface area contributed by atoms with Crippen molar-refractivity contribution in [3.8, 4) is 11.3 Å². The highest BCUT2D eigenvalue weighted by Gasteiger charge is 2.13. The molecule has 4 nitrogen and oxygen atoms in total. The molecule has 0 saturated carbocycles. The Morgan fingerprint density at radius 2 is 1.56 bits per heavy atom. The number of nitrogens with one attached hydrogen (secondary N) is 1. The Morgan fingerprint density at radius 3 is 2.41 bits per heavy atom. The van der Waals surface area contributed by atoms with Crippen molar-refractivity contribution in [2.24, 2.45) is 5.10 Å². The van der Waals surface area contributed by atoms with E-state index >= 15 is 0 Å². The van der Waals surface area contributed by atoms with E-state index in [-0.39, 0.29) is 5.91 Å². The van der Waals surface area contributed by atoms with Crippen LogP contribution in [-0.2, 0) is 0 Å². The summed E-state index contributed by atoms with van der Waals surface area (Å²) in [7, 11) is 0. The van der Waals surface area contributed by atoms with Gasteiger partial charge in [0.05, 0.1) is 23.0 Å². The maximum absolute atomic E-state index is 13.1. The fourth-order valence-corrected chi connectivity index (χ4v) is 3.82. The molecule has 0 aliphatic rings. The van der Waals surface area contributed by atoms with Gasteiger partial charge in [-0.2, -0.15) is 5.10 Å². The zero-order valence-electron chi connectivity index (χ0n) is 17.6. The van der Waals surface area contributed by atoms with Crippen molar-refractivity contribution in [3.63, 3.8) is 0 Å². The molecule has 4 aromatic carbocycles. The molecule has 5 rings (SSSR count). The predicted octanol–water partition coefficient (Wildman–Crippen LogP) is 6.13. The summed E-state index contributed by atoms with van der Waals surface area (Å²) in [5.74, 6) is -0.270. The number of para-hydroxylation sites is 1. The van der Waals surface area contributed by atoms with Gasteiger partial charge in [0.15, 0.2) is 0 Å². The van der Waals surface area contributed by atoms with E-state index < -0.39 is 0 Å². The third-order valence-corrected chi connectivity index (χ3v) is 5.50. The number of fused-ring (bicyclic) bond motifs is 2. The summed E-state index contributed by atoms with van der Waals surface area (Å²) in [6.45, 7) is 2.05. The Hall–Kier alpha value is -4.31. The van der Waals surface area contributed by atoms with E-state index in [2.05, 4.69) is 22.7 Å². The molecule has 0 saturated heterocycles. The first-order valence-electron chi connectivity index (χ1n) is 10.5. The Balaban J connectivity index is 1.48. The summed E-state index contributed by atoms with van der Waals surface area (Å²) in [6.07, 6.45) is 1.69. The molecular weight excluding hydrogens is 394 g/mol. The minimum Gasteiger partial charge on any atom is -0.267 e. The maximum Gasteiger partial charge on any atom is 0.272 e. The van der Waals surface area contributed by atoms with Crippen LogP contribution >= 0.6 is 0 Å². The standard InChI is InChI=1S/C28H21N3O/c1-19-13-15-21(16-14-19)27-17-25(24-11-4-5-12-26(24)30-27)28(32)31-29-18-22-9-6-8-20-7-2-3-10-23(20)22/h2-18H,1H3,(H,31,32)/b29-18-.